The highest BCUT2D eigenvalue weighted by Crippen LogP contribution is 2.23. The monoisotopic (exact) mass is 392 g/mol. The molecule has 2 atom stereocenters. The Labute approximate surface area is 165 Å². The number of nitrogens with one attached hydrogen (secondary N) is 1. The first-order valence-electron chi connectivity index (χ1n) is 9.70. The van der Waals surface area contributed by atoms with Gasteiger partial charge in [0.1, 0.15) is 6.20 Å². The fourth-order valence-electron chi connectivity index (χ4n) is 3.51. The number of hydrogen-bond donors (Lipinski definition) is 1. The molecule has 154 valence electrons. The smallest absolute Gasteiger partial charge is 0.280 e. The van der Waals surface area contributed by atoms with Crippen molar-refractivity contribution in [1.29, 1.82) is 0 Å². The van der Waals surface area contributed by atoms with Gasteiger partial charge >= 0.3 is 0 Å². The molecule has 7 nitrogen and oxygen atoms in total. The van der Waals surface area contributed by atoms with Crippen molar-refractivity contribution in [2.24, 2.45) is 0 Å². The summed E-state index contributed by atoms with van der Waals surface area (Å²) in [5.41, 5.74) is 0. The van der Waals surface area contributed by atoms with Crippen molar-refractivity contribution < 1.29 is 18.7 Å². The van der Waals surface area contributed by atoms with Gasteiger partial charge in [-0.25, -0.2) is 14.0 Å². The molecule has 1 aromatic rings. The maximum absolute atomic E-state index is 13.2. The normalized spacial score (nSPS) is 17.2. The quantitative estimate of drug-likeness (QED) is 0.514. The van der Waals surface area contributed by atoms with E-state index in [0.717, 1.165) is 25.5 Å². The highest BCUT2D eigenvalue weighted by atomic mass is 19.1. The number of imide groups is 1. The molecular formula is C20H29FN4O3. The summed E-state index contributed by atoms with van der Waals surface area (Å²) in [7, 11) is 1.86. The Bertz CT molecular complexity index is 713. The standard InChI is InChI=1S/C20H29FN4O3/c1-4-6-8-16(23(3)5-2)13-18(26)22-20(27)17-9-7-12-24(17)19-11-10-15(21)14-25(19)28/h5,10-11,14,16-17H,2,4,6-9,12-13H2,1,3H3,(H,22,26,27)/t16-,17+/m0/s1. The van der Waals surface area contributed by atoms with E-state index in [-0.39, 0.29) is 24.2 Å². The van der Waals surface area contributed by atoms with Crippen LogP contribution in [-0.2, 0) is 9.59 Å². The number of nitrogens with zero attached hydrogens (tertiary/aromatic N) is 3. The summed E-state index contributed by atoms with van der Waals surface area (Å²) in [5, 5.41) is 14.5. The van der Waals surface area contributed by atoms with E-state index in [9.17, 15) is 19.2 Å². The van der Waals surface area contributed by atoms with E-state index in [1.165, 1.54) is 12.1 Å². The predicted molar refractivity (Wildman–Crippen MR) is 105 cm³/mol. The van der Waals surface area contributed by atoms with Crippen molar-refractivity contribution in [1.82, 2.24) is 10.2 Å². The summed E-state index contributed by atoms with van der Waals surface area (Å²) in [4.78, 5) is 28.6. The second-order valence-electron chi connectivity index (χ2n) is 7.14. The van der Waals surface area contributed by atoms with E-state index in [4.69, 9.17) is 0 Å². The SMILES string of the molecule is C=CN(C)[C@@H](CCCC)CC(=O)NC(=O)[C@H]1CCCN1c1ccc(F)c[n+]1[O-]. The topological polar surface area (TPSA) is 79.6 Å². The van der Waals surface area contributed by atoms with E-state index >= 15 is 0 Å². The van der Waals surface area contributed by atoms with Crippen molar-refractivity contribution in [2.75, 3.05) is 18.5 Å². The van der Waals surface area contributed by atoms with Crippen LogP contribution in [0.1, 0.15) is 45.4 Å². The fourth-order valence-corrected chi connectivity index (χ4v) is 3.51. The zero-order chi connectivity index (χ0) is 20.7. The summed E-state index contributed by atoms with van der Waals surface area (Å²) in [6, 6.07) is 1.90. The van der Waals surface area contributed by atoms with Gasteiger partial charge in [0.2, 0.25) is 5.91 Å². The van der Waals surface area contributed by atoms with E-state index in [1.54, 1.807) is 11.1 Å². The number of carbonyl (C=O) groups excluding carboxylic acids is 2. The molecule has 1 aliphatic rings. The minimum absolute atomic E-state index is 0.0224. The molecule has 2 amide bonds. The number of aromatic nitrogens is 1. The molecule has 8 heteroatoms. The third kappa shape index (κ3) is 5.43. The van der Waals surface area contributed by atoms with Crippen LogP contribution in [0.3, 0.4) is 0 Å². The number of carbonyl (C=O) groups is 2. The number of hydrogen-bond acceptors (Lipinski definition) is 5. The third-order valence-electron chi connectivity index (χ3n) is 5.15. The molecule has 0 spiro atoms. The predicted octanol–water partition coefficient (Wildman–Crippen LogP) is 2.09. The summed E-state index contributed by atoms with van der Waals surface area (Å²) in [5.74, 6) is -1.21. The van der Waals surface area contributed by atoms with Crippen LogP contribution in [0, 0.1) is 11.0 Å². The van der Waals surface area contributed by atoms with Crippen molar-refractivity contribution in [3.8, 4) is 0 Å². The molecule has 2 heterocycles. The maximum atomic E-state index is 13.2. The molecule has 0 radical (unpaired) electrons. The molecule has 1 aliphatic heterocycles. The molecule has 0 aromatic carbocycles. The van der Waals surface area contributed by atoms with Crippen LogP contribution in [-0.4, -0.2) is 42.4 Å². The lowest BCUT2D eigenvalue weighted by atomic mass is 10.0. The number of unbranched alkanes of at least 4 members (excludes halogenated alkanes) is 1. The van der Waals surface area contributed by atoms with Crippen molar-refractivity contribution in [3.05, 3.63) is 42.1 Å². The van der Waals surface area contributed by atoms with Gasteiger partial charge in [0.05, 0.1) is 6.54 Å². The molecule has 2 rings (SSSR count). The number of halogens is 1. The maximum Gasteiger partial charge on any atom is 0.280 e. The van der Waals surface area contributed by atoms with Gasteiger partial charge in [-0.05, 0) is 25.1 Å². The summed E-state index contributed by atoms with van der Waals surface area (Å²) in [6.07, 6.45) is 6.78. The summed E-state index contributed by atoms with van der Waals surface area (Å²) >= 11 is 0. The van der Waals surface area contributed by atoms with Gasteiger partial charge in [-0.2, -0.15) is 0 Å². The highest BCUT2D eigenvalue weighted by molar-refractivity contribution is 5.99. The van der Waals surface area contributed by atoms with Gasteiger partial charge in [-0.3, -0.25) is 14.9 Å². The van der Waals surface area contributed by atoms with Gasteiger partial charge in [0.25, 0.3) is 11.7 Å². The first-order valence-corrected chi connectivity index (χ1v) is 9.70. The molecule has 1 fully saturated rings. The minimum atomic E-state index is -0.640. The average molecular weight is 392 g/mol. The zero-order valence-electron chi connectivity index (χ0n) is 16.6. The summed E-state index contributed by atoms with van der Waals surface area (Å²) in [6.45, 7) is 6.32. The number of amides is 2. The Morgan fingerprint density at radius 3 is 2.93 bits per heavy atom. The fraction of sp³-hybridized carbons (Fsp3) is 0.550. The Morgan fingerprint density at radius 2 is 2.29 bits per heavy atom. The van der Waals surface area contributed by atoms with E-state index < -0.39 is 17.8 Å². The lowest BCUT2D eigenvalue weighted by Crippen LogP contribution is -2.49. The summed E-state index contributed by atoms with van der Waals surface area (Å²) < 4.78 is 13.6. The Hall–Kier alpha value is -2.64. The number of rotatable bonds is 9. The molecule has 1 N–H and O–H groups in total. The highest BCUT2D eigenvalue weighted by Gasteiger charge is 2.38. The van der Waals surface area contributed by atoms with Crippen LogP contribution in [0.25, 0.3) is 0 Å². The van der Waals surface area contributed by atoms with E-state index in [1.807, 2.05) is 11.9 Å². The van der Waals surface area contributed by atoms with E-state index in [2.05, 4.69) is 18.8 Å². The molecule has 0 saturated carbocycles. The molecule has 1 saturated heterocycles. The number of pyridine rings is 1. The first kappa shape index (κ1) is 21.7. The number of anilines is 1. The van der Waals surface area contributed by atoms with Crippen LogP contribution >= 0.6 is 0 Å². The zero-order valence-corrected chi connectivity index (χ0v) is 16.6. The minimum Gasteiger partial charge on any atom is -0.711 e. The van der Waals surface area contributed by atoms with Crippen molar-refractivity contribution in [2.45, 2.75) is 57.5 Å². The second kappa shape index (κ2) is 10.1. The lowest BCUT2D eigenvalue weighted by molar-refractivity contribution is -0.594. The van der Waals surface area contributed by atoms with Crippen molar-refractivity contribution >= 4 is 17.6 Å². The molecule has 1 aromatic heterocycles. The Kier molecular flexibility index (Phi) is 7.78. The third-order valence-corrected chi connectivity index (χ3v) is 5.15. The Balaban J connectivity index is 2.01. The van der Waals surface area contributed by atoms with Gasteiger partial charge in [0, 0.05) is 32.0 Å². The van der Waals surface area contributed by atoms with Gasteiger partial charge in [0.15, 0.2) is 11.9 Å². The first-order chi connectivity index (χ1) is 13.4. The van der Waals surface area contributed by atoms with Gasteiger partial charge in [-0.15, -0.1) is 0 Å². The van der Waals surface area contributed by atoms with Gasteiger partial charge < -0.3 is 10.1 Å². The Morgan fingerprint density at radius 1 is 1.54 bits per heavy atom. The lowest BCUT2D eigenvalue weighted by Gasteiger charge is -2.26. The van der Waals surface area contributed by atoms with Gasteiger partial charge in [-0.1, -0.05) is 26.3 Å². The molecule has 0 bridgehead atoms. The second-order valence-corrected chi connectivity index (χ2v) is 7.14. The van der Waals surface area contributed by atoms with Crippen LogP contribution in [0.2, 0.25) is 0 Å². The molecular weight excluding hydrogens is 363 g/mol. The largest absolute Gasteiger partial charge is 0.711 e. The van der Waals surface area contributed by atoms with Crippen LogP contribution in [0.4, 0.5) is 10.2 Å². The average Bonchev–Trinajstić information content (AvgIpc) is 3.14. The van der Waals surface area contributed by atoms with E-state index in [0.29, 0.717) is 24.1 Å². The molecule has 0 unspecified atom stereocenters. The molecule has 0 aliphatic carbocycles. The van der Waals surface area contributed by atoms with Crippen LogP contribution in [0.15, 0.2) is 31.1 Å². The van der Waals surface area contributed by atoms with Crippen LogP contribution in [0.5, 0.6) is 0 Å². The van der Waals surface area contributed by atoms with Crippen LogP contribution < -0.4 is 14.9 Å². The van der Waals surface area contributed by atoms with Crippen molar-refractivity contribution in [3.63, 3.8) is 0 Å². The molecule has 28 heavy (non-hydrogen) atoms.